The van der Waals surface area contributed by atoms with Gasteiger partial charge in [0, 0.05) is 0 Å². The van der Waals surface area contributed by atoms with E-state index in [1.807, 2.05) is 0 Å². The van der Waals surface area contributed by atoms with Crippen LogP contribution in [0.5, 0.6) is 0 Å². The second-order valence-electron chi connectivity index (χ2n) is 6.99. The van der Waals surface area contributed by atoms with Crippen molar-refractivity contribution in [2.75, 3.05) is 19.8 Å². The first-order chi connectivity index (χ1) is 13.6. The van der Waals surface area contributed by atoms with E-state index in [9.17, 15) is 39.5 Å². The predicted molar refractivity (Wildman–Crippen MR) is 85.5 cm³/mol. The summed E-state index contributed by atoms with van der Waals surface area (Å²) in [6.07, 6.45) is -15.6. The number of aliphatic hydroxyl groups excluding tert-OH is 6. The number of amides is 3. The first-order valence-electron chi connectivity index (χ1n) is 8.85. The third kappa shape index (κ3) is 4.21. The van der Waals surface area contributed by atoms with E-state index in [1.54, 1.807) is 5.32 Å². The van der Waals surface area contributed by atoms with Gasteiger partial charge in [0.25, 0.3) is 5.91 Å². The van der Waals surface area contributed by atoms with Gasteiger partial charge in [-0.05, 0) is 0 Å². The number of halogens is 1. The second kappa shape index (κ2) is 8.71. The highest BCUT2D eigenvalue weighted by molar-refractivity contribution is 5.99. The summed E-state index contributed by atoms with van der Waals surface area (Å²) in [5.74, 6) is -1.12. The number of nitrogens with one attached hydrogen (secondary N) is 1. The van der Waals surface area contributed by atoms with Crippen molar-refractivity contribution in [3.05, 3.63) is 0 Å². The van der Waals surface area contributed by atoms with Crippen molar-refractivity contribution in [1.82, 2.24) is 10.2 Å². The number of alkyl halides is 1. The minimum atomic E-state index is -2.04. The third-order valence-corrected chi connectivity index (χ3v) is 5.05. The summed E-state index contributed by atoms with van der Waals surface area (Å²) in [7, 11) is 0. The van der Waals surface area contributed by atoms with E-state index in [1.165, 1.54) is 0 Å². The van der Waals surface area contributed by atoms with Gasteiger partial charge in [-0.15, -0.1) is 0 Å². The maximum Gasteiger partial charge on any atom is 0.326 e. The monoisotopic (exact) mass is 426 g/mol. The lowest BCUT2D eigenvalue weighted by Gasteiger charge is -2.39. The number of hydrogen-bond acceptors (Lipinski definition) is 11. The zero-order valence-electron chi connectivity index (χ0n) is 14.9. The Bertz CT molecular complexity index is 625. The Kier molecular flexibility index (Phi) is 6.67. The van der Waals surface area contributed by atoms with Gasteiger partial charge in [-0.3, -0.25) is 15.0 Å². The molecule has 0 bridgehead atoms. The topological polar surface area (TPSA) is 198 Å². The standard InChI is InChI=1S/C15H23FN2O11/c16-4-1-18(15(26)17-12(4)25)13-10(23)8(21)6(28-13)3-27-14-11(24)9(22)7(20)5(2-19)29-14/h4-11,13-14,19-24H,1-3H2,(H,17,25,26)/t4?,5-,6-,7+,8-,9+,10-,11-,13-,14-/m1/s1. The molecule has 14 heteroatoms. The summed E-state index contributed by atoms with van der Waals surface area (Å²) < 4.78 is 29.4. The lowest BCUT2D eigenvalue weighted by Crippen LogP contribution is -2.61. The Hall–Kier alpha value is -1.49. The zero-order chi connectivity index (χ0) is 21.5. The van der Waals surface area contributed by atoms with E-state index >= 15 is 0 Å². The van der Waals surface area contributed by atoms with E-state index in [2.05, 4.69) is 0 Å². The second-order valence-corrected chi connectivity index (χ2v) is 6.99. The first kappa shape index (κ1) is 22.2. The fourth-order valence-electron chi connectivity index (χ4n) is 3.33. The molecule has 10 atom stereocenters. The van der Waals surface area contributed by atoms with Gasteiger partial charge in [-0.25, -0.2) is 9.18 Å². The van der Waals surface area contributed by atoms with E-state index < -0.39 is 93.1 Å². The molecule has 13 nitrogen and oxygen atoms in total. The van der Waals surface area contributed by atoms with Crippen molar-refractivity contribution in [2.45, 2.75) is 61.4 Å². The number of carbonyl (C=O) groups excluding carboxylic acids is 2. The van der Waals surface area contributed by atoms with Gasteiger partial charge >= 0.3 is 6.03 Å². The summed E-state index contributed by atoms with van der Waals surface area (Å²) in [5, 5.41) is 60.6. The van der Waals surface area contributed by atoms with Crippen LogP contribution in [0.1, 0.15) is 0 Å². The number of rotatable bonds is 5. The van der Waals surface area contributed by atoms with Crippen LogP contribution >= 0.6 is 0 Å². The van der Waals surface area contributed by atoms with Crippen molar-refractivity contribution >= 4 is 11.9 Å². The molecule has 3 saturated heterocycles. The molecule has 7 N–H and O–H groups in total. The molecule has 166 valence electrons. The molecule has 3 fully saturated rings. The number of ether oxygens (including phenoxy) is 3. The Morgan fingerprint density at radius 3 is 2.31 bits per heavy atom. The SMILES string of the molecule is O=C1NC(=O)N([C@@H]2O[C@H](CO[C@@H]3O[C@H](CO)[C@H](O)[C@H](O)[C@H]3O)[C@@H](O)[C@H]2O)CC1F. The maximum atomic E-state index is 13.6. The average molecular weight is 426 g/mol. The molecule has 0 aliphatic carbocycles. The zero-order valence-corrected chi connectivity index (χ0v) is 14.9. The summed E-state index contributed by atoms with van der Waals surface area (Å²) in [5.41, 5.74) is 0. The number of imide groups is 1. The van der Waals surface area contributed by atoms with E-state index in [4.69, 9.17) is 19.3 Å². The molecule has 3 heterocycles. The summed E-state index contributed by atoms with van der Waals surface area (Å²) in [4.78, 5) is 23.8. The highest BCUT2D eigenvalue weighted by Gasteiger charge is 2.50. The Morgan fingerprint density at radius 1 is 1.00 bits per heavy atom. The van der Waals surface area contributed by atoms with Crippen LogP contribution in [0.25, 0.3) is 0 Å². The molecule has 0 spiro atoms. The minimum Gasteiger partial charge on any atom is -0.394 e. The molecule has 0 aromatic heterocycles. The molecule has 3 aliphatic heterocycles. The Labute approximate surface area is 163 Å². The molecular formula is C15H23FN2O11. The van der Waals surface area contributed by atoms with Crippen molar-refractivity contribution in [1.29, 1.82) is 0 Å². The molecule has 0 saturated carbocycles. The highest BCUT2D eigenvalue weighted by Crippen LogP contribution is 2.28. The molecule has 29 heavy (non-hydrogen) atoms. The molecule has 3 aliphatic rings. The molecule has 0 aromatic carbocycles. The first-order valence-corrected chi connectivity index (χ1v) is 8.85. The van der Waals surface area contributed by atoms with Crippen LogP contribution in [0.2, 0.25) is 0 Å². The lowest BCUT2D eigenvalue weighted by atomic mass is 9.99. The van der Waals surface area contributed by atoms with Gasteiger partial charge in [-0.2, -0.15) is 0 Å². The predicted octanol–water partition coefficient (Wildman–Crippen LogP) is -4.86. The van der Waals surface area contributed by atoms with Crippen LogP contribution in [-0.4, -0.2) is 129 Å². The number of urea groups is 1. The maximum absolute atomic E-state index is 13.6. The Morgan fingerprint density at radius 2 is 1.66 bits per heavy atom. The molecule has 3 amide bonds. The van der Waals surface area contributed by atoms with Gasteiger partial charge in [0.15, 0.2) is 18.7 Å². The smallest absolute Gasteiger partial charge is 0.326 e. The fourth-order valence-corrected chi connectivity index (χ4v) is 3.33. The average Bonchev–Trinajstić information content (AvgIpc) is 2.97. The Balaban J connectivity index is 1.61. The number of aliphatic hydroxyl groups is 6. The van der Waals surface area contributed by atoms with Gasteiger partial charge in [0.2, 0.25) is 0 Å². The van der Waals surface area contributed by atoms with Crippen molar-refractivity contribution in [2.24, 2.45) is 0 Å². The van der Waals surface area contributed by atoms with Crippen molar-refractivity contribution in [3.8, 4) is 0 Å². The van der Waals surface area contributed by atoms with E-state index in [0.717, 1.165) is 0 Å². The summed E-state index contributed by atoms with van der Waals surface area (Å²) in [6.45, 7) is -1.84. The molecule has 3 rings (SSSR count). The van der Waals surface area contributed by atoms with Crippen LogP contribution in [0, 0.1) is 0 Å². The highest BCUT2D eigenvalue weighted by atomic mass is 19.1. The largest absolute Gasteiger partial charge is 0.394 e. The van der Waals surface area contributed by atoms with Crippen LogP contribution in [0.4, 0.5) is 9.18 Å². The summed E-state index contributed by atoms with van der Waals surface area (Å²) >= 11 is 0. The van der Waals surface area contributed by atoms with Gasteiger partial charge < -0.3 is 44.8 Å². The third-order valence-electron chi connectivity index (χ3n) is 5.05. The van der Waals surface area contributed by atoms with Crippen LogP contribution in [0.3, 0.4) is 0 Å². The number of nitrogens with zero attached hydrogens (tertiary/aromatic N) is 1. The van der Waals surface area contributed by atoms with Gasteiger partial charge in [0.05, 0.1) is 19.8 Å². The van der Waals surface area contributed by atoms with Crippen molar-refractivity contribution in [3.63, 3.8) is 0 Å². The van der Waals surface area contributed by atoms with Crippen LogP contribution in [-0.2, 0) is 19.0 Å². The van der Waals surface area contributed by atoms with Crippen LogP contribution < -0.4 is 5.32 Å². The molecule has 0 aromatic rings. The molecule has 1 unspecified atom stereocenters. The van der Waals surface area contributed by atoms with Crippen molar-refractivity contribution < 1.29 is 58.8 Å². The normalized spacial score (nSPS) is 46.1. The number of hydrogen-bond donors (Lipinski definition) is 7. The molecular weight excluding hydrogens is 403 g/mol. The number of carbonyl (C=O) groups is 2. The minimum absolute atomic E-state index is 0.495. The fraction of sp³-hybridized carbons (Fsp3) is 0.867. The van der Waals surface area contributed by atoms with E-state index in [-0.39, 0.29) is 0 Å². The molecule has 0 radical (unpaired) electrons. The van der Waals surface area contributed by atoms with Crippen LogP contribution in [0.15, 0.2) is 0 Å². The lowest BCUT2D eigenvalue weighted by molar-refractivity contribution is -0.306. The van der Waals surface area contributed by atoms with Gasteiger partial charge in [0.1, 0.15) is 42.7 Å². The quantitative estimate of drug-likeness (QED) is 0.222. The summed E-state index contributed by atoms with van der Waals surface area (Å²) in [6, 6.07) is -1.00. The van der Waals surface area contributed by atoms with Gasteiger partial charge in [-0.1, -0.05) is 0 Å². The van der Waals surface area contributed by atoms with E-state index in [0.29, 0.717) is 4.90 Å².